The number of alkyl halides is 3. The smallest absolute Gasteiger partial charge is 0.387 e. The molecule has 1 heterocycles. The third kappa shape index (κ3) is 4.36. The Labute approximate surface area is 178 Å². The van der Waals surface area contributed by atoms with Crippen LogP contribution in [0.3, 0.4) is 0 Å². The first-order chi connectivity index (χ1) is 14.7. The second kappa shape index (κ2) is 8.09. The van der Waals surface area contributed by atoms with E-state index in [1.807, 2.05) is 37.3 Å². The molecule has 3 aromatic rings. The Balaban J connectivity index is 1.54. The molecule has 1 saturated heterocycles. The van der Waals surface area contributed by atoms with Gasteiger partial charge in [-0.05, 0) is 52.4 Å². The van der Waals surface area contributed by atoms with E-state index in [4.69, 9.17) is 0 Å². The monoisotopic (exact) mass is 427 g/mol. The Morgan fingerprint density at radius 2 is 1.81 bits per heavy atom. The van der Waals surface area contributed by atoms with Crippen molar-refractivity contribution in [2.24, 2.45) is 5.92 Å². The first kappa shape index (κ1) is 21.5. The molecule has 0 aromatic heterocycles. The van der Waals surface area contributed by atoms with Crippen LogP contribution in [0.4, 0.5) is 13.2 Å². The average Bonchev–Trinajstić information content (AvgIpc) is 2.74. The molecule has 0 spiro atoms. The Hall–Kier alpha value is -2.70. The second-order valence-electron chi connectivity index (χ2n) is 8.39. The zero-order valence-electron chi connectivity index (χ0n) is 17.2. The summed E-state index contributed by atoms with van der Waals surface area (Å²) in [5, 5.41) is 15.2. The van der Waals surface area contributed by atoms with E-state index >= 15 is 0 Å². The third-order valence-corrected chi connectivity index (χ3v) is 6.31. The number of fused-ring (bicyclic) bond motifs is 1. The van der Waals surface area contributed by atoms with Crippen molar-refractivity contribution in [3.8, 4) is 11.1 Å². The van der Waals surface area contributed by atoms with Gasteiger partial charge in [0.1, 0.15) is 0 Å². The Bertz CT molecular complexity index is 1100. The van der Waals surface area contributed by atoms with Crippen LogP contribution in [0.2, 0.25) is 0 Å². The number of hydrogen-bond acceptors (Lipinski definition) is 3. The van der Waals surface area contributed by atoms with Gasteiger partial charge in [-0.2, -0.15) is 13.2 Å². The fourth-order valence-corrected chi connectivity index (χ4v) is 4.04. The molecule has 4 rings (SSSR count). The zero-order chi connectivity index (χ0) is 22.2. The van der Waals surface area contributed by atoms with E-state index in [1.54, 1.807) is 6.07 Å². The number of Topliss-reactive ketones (excluding diaryl/α,β-unsaturated/α-hetero) is 1. The van der Waals surface area contributed by atoms with Crippen LogP contribution in [0, 0.1) is 5.92 Å². The minimum Gasteiger partial charge on any atom is -0.387 e. The van der Waals surface area contributed by atoms with Gasteiger partial charge < -0.3 is 10.4 Å². The minimum atomic E-state index is -4.37. The largest absolute Gasteiger partial charge is 0.416 e. The van der Waals surface area contributed by atoms with Crippen LogP contribution in [0.15, 0.2) is 60.7 Å². The Morgan fingerprint density at radius 3 is 2.42 bits per heavy atom. The highest BCUT2D eigenvalue weighted by atomic mass is 19.4. The maximum atomic E-state index is 12.8. The number of ketones is 1. The lowest BCUT2D eigenvalue weighted by Crippen LogP contribution is -2.63. The number of carbonyl (C=O) groups excluding carboxylic acids is 1. The van der Waals surface area contributed by atoms with E-state index in [2.05, 4.69) is 5.32 Å². The van der Waals surface area contributed by atoms with Crippen molar-refractivity contribution in [1.29, 1.82) is 0 Å². The fraction of sp³-hybridized carbons (Fsp3) is 0.320. The number of aliphatic hydroxyl groups is 1. The zero-order valence-corrected chi connectivity index (χ0v) is 17.2. The molecule has 1 aliphatic rings. The molecule has 0 radical (unpaired) electrons. The molecule has 0 unspecified atom stereocenters. The number of halogens is 3. The van der Waals surface area contributed by atoms with Gasteiger partial charge in [0.15, 0.2) is 5.78 Å². The van der Waals surface area contributed by atoms with Crippen molar-refractivity contribution in [1.82, 2.24) is 5.32 Å². The molecule has 0 bridgehead atoms. The topological polar surface area (TPSA) is 49.3 Å². The summed E-state index contributed by atoms with van der Waals surface area (Å²) in [6.45, 7) is 3.08. The van der Waals surface area contributed by atoms with Crippen molar-refractivity contribution in [2.45, 2.75) is 31.5 Å². The molecule has 6 heteroatoms. The number of carbonyl (C=O) groups is 1. The van der Waals surface area contributed by atoms with Gasteiger partial charge in [0.05, 0.1) is 11.2 Å². The highest BCUT2D eigenvalue weighted by Gasteiger charge is 2.39. The summed E-state index contributed by atoms with van der Waals surface area (Å²) in [5.74, 6) is 0.0500. The molecule has 0 amide bonds. The summed E-state index contributed by atoms with van der Waals surface area (Å²) >= 11 is 0. The van der Waals surface area contributed by atoms with E-state index < -0.39 is 17.3 Å². The van der Waals surface area contributed by atoms with Gasteiger partial charge in [-0.15, -0.1) is 0 Å². The predicted molar refractivity (Wildman–Crippen MR) is 115 cm³/mol. The van der Waals surface area contributed by atoms with E-state index in [1.165, 1.54) is 12.1 Å². The lowest BCUT2D eigenvalue weighted by atomic mass is 9.80. The molecule has 1 aliphatic heterocycles. The molecule has 1 atom stereocenters. The highest BCUT2D eigenvalue weighted by molar-refractivity contribution is 6.03. The van der Waals surface area contributed by atoms with Crippen molar-refractivity contribution < 1.29 is 23.1 Å². The first-order valence-corrected chi connectivity index (χ1v) is 10.3. The Kier molecular flexibility index (Phi) is 5.62. The predicted octanol–water partition coefficient (Wildman–Crippen LogP) is 5.46. The van der Waals surface area contributed by atoms with Gasteiger partial charge in [-0.3, -0.25) is 4.79 Å². The van der Waals surface area contributed by atoms with Crippen molar-refractivity contribution in [3.05, 3.63) is 71.8 Å². The first-order valence-electron chi connectivity index (χ1n) is 10.3. The number of hydrogen-bond donors (Lipinski definition) is 2. The number of benzene rings is 3. The Morgan fingerprint density at radius 1 is 1.10 bits per heavy atom. The van der Waals surface area contributed by atoms with Crippen LogP contribution in [0.5, 0.6) is 0 Å². The van der Waals surface area contributed by atoms with Gasteiger partial charge in [0.2, 0.25) is 0 Å². The number of nitrogens with one attached hydrogen (secondary N) is 1. The summed E-state index contributed by atoms with van der Waals surface area (Å²) in [5.41, 5.74) is 0.705. The number of rotatable bonds is 6. The summed E-state index contributed by atoms with van der Waals surface area (Å²) in [6.07, 6.45) is -3.40. The van der Waals surface area contributed by atoms with Crippen molar-refractivity contribution in [2.75, 3.05) is 13.1 Å². The van der Waals surface area contributed by atoms with Crippen LogP contribution in [0.1, 0.15) is 35.7 Å². The normalized spacial score (nSPS) is 16.7. The van der Waals surface area contributed by atoms with Crippen LogP contribution >= 0.6 is 0 Å². The molecule has 0 aliphatic carbocycles. The molecule has 2 N–H and O–H groups in total. The van der Waals surface area contributed by atoms with Crippen LogP contribution < -0.4 is 5.32 Å². The molecular weight excluding hydrogens is 403 g/mol. The van der Waals surface area contributed by atoms with E-state index in [-0.39, 0.29) is 11.7 Å². The van der Waals surface area contributed by atoms with Gasteiger partial charge >= 0.3 is 6.18 Å². The van der Waals surface area contributed by atoms with E-state index in [9.17, 15) is 23.1 Å². The summed E-state index contributed by atoms with van der Waals surface area (Å²) in [6, 6.07) is 16.1. The lowest BCUT2D eigenvalue weighted by Gasteiger charge is -2.42. The van der Waals surface area contributed by atoms with E-state index in [0.29, 0.717) is 37.1 Å². The molecule has 3 nitrogen and oxygen atoms in total. The molecular formula is C25H24F3NO2. The van der Waals surface area contributed by atoms with Crippen molar-refractivity contribution >= 4 is 16.6 Å². The molecule has 0 saturated carbocycles. The van der Waals surface area contributed by atoms with Crippen LogP contribution in [0.25, 0.3) is 21.9 Å². The van der Waals surface area contributed by atoms with Gasteiger partial charge in [-0.25, -0.2) is 0 Å². The average molecular weight is 427 g/mol. The maximum absolute atomic E-state index is 12.8. The molecule has 31 heavy (non-hydrogen) atoms. The van der Waals surface area contributed by atoms with Gasteiger partial charge in [0, 0.05) is 25.1 Å². The SMILES string of the molecule is C[C@@H](CCC(=O)c1ccc2c(-c3ccc(C(F)(F)F)cc3)cccc2c1)C1(O)CNC1. The van der Waals surface area contributed by atoms with Crippen molar-refractivity contribution in [3.63, 3.8) is 0 Å². The van der Waals surface area contributed by atoms with E-state index in [0.717, 1.165) is 28.5 Å². The molecule has 162 valence electrons. The maximum Gasteiger partial charge on any atom is 0.416 e. The lowest BCUT2D eigenvalue weighted by molar-refractivity contribution is -0.137. The second-order valence-corrected chi connectivity index (χ2v) is 8.39. The summed E-state index contributed by atoms with van der Waals surface area (Å²) < 4.78 is 38.5. The molecule has 3 aromatic carbocycles. The van der Waals surface area contributed by atoms with Crippen LogP contribution in [-0.4, -0.2) is 29.6 Å². The van der Waals surface area contributed by atoms with Crippen LogP contribution in [-0.2, 0) is 6.18 Å². The molecule has 1 fully saturated rings. The summed E-state index contributed by atoms with van der Waals surface area (Å²) in [7, 11) is 0. The number of β-amino-alcohol motifs (C(OH)–C–C–N with tert-alkyl or cyclic N) is 1. The minimum absolute atomic E-state index is 0.0181. The van der Waals surface area contributed by atoms with Gasteiger partial charge in [-0.1, -0.05) is 49.4 Å². The third-order valence-electron chi connectivity index (χ3n) is 6.31. The quantitative estimate of drug-likeness (QED) is 0.514. The fourth-order valence-electron chi connectivity index (χ4n) is 4.04. The summed E-state index contributed by atoms with van der Waals surface area (Å²) in [4.78, 5) is 12.7. The van der Waals surface area contributed by atoms with Gasteiger partial charge in [0.25, 0.3) is 0 Å². The highest BCUT2D eigenvalue weighted by Crippen LogP contribution is 2.34. The standard InChI is InChI=1S/C25H24F3NO2/c1-16(24(31)14-29-15-24)5-12-23(30)19-8-11-22-18(13-19)3-2-4-21(22)17-6-9-20(10-7-17)25(26,27)28/h2-4,6-11,13,16,29,31H,5,12,14-15H2,1H3/t16-/m0/s1.